The van der Waals surface area contributed by atoms with Gasteiger partial charge in [0.15, 0.2) is 0 Å². The smallest absolute Gasteiger partial charge is 0.242 e. The van der Waals surface area contributed by atoms with Crippen molar-refractivity contribution in [3.63, 3.8) is 0 Å². The molecular weight excluding hydrogens is 256 g/mol. The van der Waals surface area contributed by atoms with E-state index in [4.69, 9.17) is 0 Å². The van der Waals surface area contributed by atoms with Crippen molar-refractivity contribution in [1.29, 1.82) is 0 Å². The maximum atomic E-state index is 12.3. The number of likely N-dealkylation sites (N-methyl/N-ethyl adjacent to an activating group) is 1. The van der Waals surface area contributed by atoms with Gasteiger partial charge in [-0.2, -0.15) is 0 Å². The number of nitrogens with one attached hydrogen (secondary N) is 2. The molecule has 1 aliphatic rings. The van der Waals surface area contributed by atoms with Crippen molar-refractivity contribution in [3.05, 3.63) is 12.7 Å². The predicted molar refractivity (Wildman–Crippen MR) is 79.4 cm³/mol. The average Bonchev–Trinajstić information content (AvgIpc) is 2.45. The van der Waals surface area contributed by atoms with Crippen LogP contribution in [0.3, 0.4) is 0 Å². The normalized spacial score (nSPS) is 16.9. The molecule has 0 atom stereocenters. The molecule has 0 unspecified atom stereocenters. The third-order valence-electron chi connectivity index (χ3n) is 3.63. The number of hydrogen-bond donors (Lipinski definition) is 2. The molecule has 1 rings (SSSR count). The fraction of sp³-hybridized carbons (Fsp3) is 0.714. The minimum absolute atomic E-state index is 0.000214. The van der Waals surface area contributed by atoms with Gasteiger partial charge in [0, 0.05) is 32.7 Å². The van der Waals surface area contributed by atoms with Gasteiger partial charge in [-0.25, -0.2) is 0 Å². The van der Waals surface area contributed by atoms with Gasteiger partial charge in [-0.05, 0) is 20.9 Å². The summed E-state index contributed by atoms with van der Waals surface area (Å²) in [5.74, 6) is 0.107. The van der Waals surface area contributed by atoms with Crippen LogP contribution in [0.1, 0.15) is 13.8 Å². The van der Waals surface area contributed by atoms with E-state index < -0.39 is 5.54 Å². The van der Waals surface area contributed by atoms with Crippen molar-refractivity contribution >= 4 is 11.8 Å². The Kier molecular flexibility index (Phi) is 6.16. The van der Waals surface area contributed by atoms with E-state index in [1.54, 1.807) is 13.1 Å². The zero-order valence-corrected chi connectivity index (χ0v) is 12.7. The molecule has 0 spiro atoms. The van der Waals surface area contributed by atoms with Gasteiger partial charge in [0.1, 0.15) is 0 Å². The molecule has 6 heteroatoms. The largest absolute Gasteiger partial charge is 0.352 e. The molecule has 0 aromatic heterocycles. The first-order valence-corrected chi connectivity index (χ1v) is 6.99. The highest BCUT2D eigenvalue weighted by molar-refractivity contribution is 5.85. The van der Waals surface area contributed by atoms with E-state index >= 15 is 0 Å². The number of nitrogens with zero attached hydrogens (tertiary/aromatic N) is 2. The molecule has 1 saturated heterocycles. The van der Waals surface area contributed by atoms with Crippen LogP contribution in [0, 0.1) is 0 Å². The van der Waals surface area contributed by atoms with Crippen molar-refractivity contribution < 1.29 is 9.59 Å². The molecule has 0 saturated carbocycles. The lowest BCUT2D eigenvalue weighted by molar-refractivity contribution is -0.138. The first-order chi connectivity index (χ1) is 9.40. The second-order valence-electron chi connectivity index (χ2n) is 5.54. The Balaban J connectivity index is 2.38. The molecule has 1 fully saturated rings. The second-order valence-corrected chi connectivity index (χ2v) is 5.54. The fourth-order valence-corrected chi connectivity index (χ4v) is 2.06. The van der Waals surface area contributed by atoms with Gasteiger partial charge >= 0.3 is 0 Å². The second kappa shape index (κ2) is 7.40. The van der Waals surface area contributed by atoms with Crippen molar-refractivity contribution in [1.82, 2.24) is 20.4 Å². The molecule has 6 nitrogen and oxygen atoms in total. The van der Waals surface area contributed by atoms with Crippen LogP contribution in [0.4, 0.5) is 0 Å². The molecule has 20 heavy (non-hydrogen) atoms. The number of piperazine rings is 1. The highest BCUT2D eigenvalue weighted by atomic mass is 16.2. The van der Waals surface area contributed by atoms with Gasteiger partial charge in [-0.15, -0.1) is 6.58 Å². The van der Waals surface area contributed by atoms with Crippen LogP contribution in [0.5, 0.6) is 0 Å². The van der Waals surface area contributed by atoms with Crippen molar-refractivity contribution in [2.45, 2.75) is 19.4 Å². The Hall–Kier alpha value is -1.40. The molecule has 0 aromatic rings. The summed E-state index contributed by atoms with van der Waals surface area (Å²) >= 11 is 0. The summed E-state index contributed by atoms with van der Waals surface area (Å²) < 4.78 is 0. The summed E-state index contributed by atoms with van der Waals surface area (Å²) in [5.41, 5.74) is -0.538. The highest BCUT2D eigenvalue weighted by Crippen LogP contribution is 2.10. The van der Waals surface area contributed by atoms with Crippen LogP contribution in [0.25, 0.3) is 0 Å². The van der Waals surface area contributed by atoms with E-state index in [0.717, 1.165) is 13.1 Å². The first kappa shape index (κ1) is 16.7. The highest BCUT2D eigenvalue weighted by Gasteiger charge is 2.32. The minimum Gasteiger partial charge on any atom is -0.352 e. The standard InChI is InChI=1S/C14H26N4O2/c1-5-6-16-12(19)11-17-7-9-18(10-8-17)13(20)14(2,3)15-4/h5,15H,1,6-11H2,2-4H3,(H,16,19). The number of hydrogen-bond acceptors (Lipinski definition) is 4. The number of carbonyl (C=O) groups is 2. The molecule has 114 valence electrons. The molecule has 1 heterocycles. The Bertz CT molecular complexity index is 360. The van der Waals surface area contributed by atoms with Crippen LogP contribution < -0.4 is 10.6 Å². The summed E-state index contributed by atoms with van der Waals surface area (Å²) in [6, 6.07) is 0. The summed E-state index contributed by atoms with van der Waals surface area (Å²) in [7, 11) is 1.79. The summed E-state index contributed by atoms with van der Waals surface area (Å²) in [5, 5.41) is 5.78. The summed E-state index contributed by atoms with van der Waals surface area (Å²) in [4.78, 5) is 27.8. The van der Waals surface area contributed by atoms with E-state index in [1.807, 2.05) is 18.7 Å². The zero-order chi connectivity index (χ0) is 15.2. The van der Waals surface area contributed by atoms with E-state index in [1.165, 1.54) is 0 Å². The molecule has 1 aliphatic heterocycles. The Morgan fingerprint density at radius 1 is 1.25 bits per heavy atom. The number of amides is 2. The summed E-state index contributed by atoms with van der Waals surface area (Å²) in [6.07, 6.45) is 1.66. The van der Waals surface area contributed by atoms with Gasteiger partial charge in [-0.3, -0.25) is 14.5 Å². The summed E-state index contributed by atoms with van der Waals surface area (Å²) in [6.45, 7) is 11.0. The van der Waals surface area contributed by atoms with E-state index in [2.05, 4.69) is 22.1 Å². The molecule has 2 amide bonds. The molecule has 0 bridgehead atoms. The van der Waals surface area contributed by atoms with E-state index in [9.17, 15) is 9.59 Å². The lowest BCUT2D eigenvalue weighted by Gasteiger charge is -2.38. The maximum absolute atomic E-state index is 12.3. The predicted octanol–water partition coefficient (Wildman–Crippen LogP) is -0.569. The van der Waals surface area contributed by atoms with Crippen LogP contribution in [-0.2, 0) is 9.59 Å². The van der Waals surface area contributed by atoms with Crippen molar-refractivity contribution in [2.75, 3.05) is 46.3 Å². The average molecular weight is 282 g/mol. The van der Waals surface area contributed by atoms with Gasteiger partial charge in [0.05, 0.1) is 12.1 Å². The van der Waals surface area contributed by atoms with Crippen LogP contribution in [-0.4, -0.2) is 73.5 Å². The quantitative estimate of drug-likeness (QED) is 0.641. The van der Waals surface area contributed by atoms with Gasteiger partial charge in [0.25, 0.3) is 0 Å². The number of rotatable bonds is 6. The third kappa shape index (κ3) is 4.61. The maximum Gasteiger partial charge on any atom is 0.242 e. The molecule has 0 aromatic carbocycles. The molecule has 0 radical (unpaired) electrons. The third-order valence-corrected chi connectivity index (χ3v) is 3.63. The van der Waals surface area contributed by atoms with Crippen molar-refractivity contribution in [2.24, 2.45) is 0 Å². The van der Waals surface area contributed by atoms with Gasteiger partial charge in [-0.1, -0.05) is 6.08 Å². The van der Waals surface area contributed by atoms with Crippen molar-refractivity contribution in [3.8, 4) is 0 Å². The van der Waals surface area contributed by atoms with Gasteiger partial charge < -0.3 is 15.5 Å². The lowest BCUT2D eigenvalue weighted by Crippen LogP contribution is -2.58. The van der Waals surface area contributed by atoms with Crippen LogP contribution in [0.15, 0.2) is 12.7 Å². The Morgan fingerprint density at radius 3 is 2.35 bits per heavy atom. The Morgan fingerprint density at radius 2 is 1.85 bits per heavy atom. The fourth-order valence-electron chi connectivity index (χ4n) is 2.06. The first-order valence-electron chi connectivity index (χ1n) is 6.99. The SMILES string of the molecule is C=CCNC(=O)CN1CCN(C(=O)C(C)(C)NC)CC1. The zero-order valence-electron chi connectivity index (χ0n) is 12.7. The molecule has 0 aliphatic carbocycles. The molecular formula is C14H26N4O2. The van der Waals surface area contributed by atoms with Gasteiger partial charge in [0.2, 0.25) is 11.8 Å². The monoisotopic (exact) mass is 282 g/mol. The van der Waals surface area contributed by atoms with Crippen LogP contribution >= 0.6 is 0 Å². The van der Waals surface area contributed by atoms with E-state index in [-0.39, 0.29) is 11.8 Å². The Labute approximate surface area is 121 Å². The lowest BCUT2D eigenvalue weighted by atomic mass is 10.0. The minimum atomic E-state index is -0.538. The molecule has 2 N–H and O–H groups in total. The topological polar surface area (TPSA) is 64.7 Å². The van der Waals surface area contributed by atoms with Crippen LogP contribution in [0.2, 0.25) is 0 Å². The van der Waals surface area contributed by atoms with E-state index in [0.29, 0.717) is 26.2 Å². The number of carbonyl (C=O) groups excluding carboxylic acids is 2.